The molecular weight excluding hydrogens is 757 g/mol. The molecule has 5 aromatic rings. The average molecular weight is 801 g/mol. The summed E-state index contributed by atoms with van der Waals surface area (Å²) in [5.41, 5.74) is 2.38. The van der Waals surface area contributed by atoms with E-state index in [1.165, 1.54) is 17.7 Å². The Kier molecular flexibility index (Phi) is 10.3. The van der Waals surface area contributed by atoms with Gasteiger partial charge in [-0.2, -0.15) is 18.3 Å². The number of fused-ring (bicyclic) bond motifs is 2. The van der Waals surface area contributed by atoms with E-state index in [0.29, 0.717) is 39.7 Å². The number of carbonyl (C=O) groups is 3. The van der Waals surface area contributed by atoms with E-state index in [1.807, 2.05) is 16.9 Å². The lowest BCUT2D eigenvalue weighted by atomic mass is 9.85. The molecule has 0 spiro atoms. The number of benzene rings is 2. The Labute approximate surface area is 330 Å². The molecule has 2 fully saturated rings. The van der Waals surface area contributed by atoms with E-state index in [0.717, 1.165) is 80.4 Å². The fourth-order valence-corrected chi connectivity index (χ4v) is 8.66. The summed E-state index contributed by atoms with van der Waals surface area (Å²) >= 11 is 0. The maximum Gasteiger partial charge on any atom is 0.433 e. The SMILES string of the molecule is COc1cc2nn([C@H]3CC[C@H](CN4CC=C(c5c(OC)ccc6c5n(C)c(=O)n6C5CCC(=O)NC5=O)CC4)CC3)cc2cc1NC(=O)c1cccc(C(F)(F)F)n1. The van der Waals surface area contributed by atoms with E-state index in [-0.39, 0.29) is 36.2 Å². The number of nitrogens with one attached hydrogen (secondary N) is 2. The van der Waals surface area contributed by atoms with E-state index < -0.39 is 29.7 Å². The Bertz CT molecular complexity index is 2530. The van der Waals surface area contributed by atoms with Crippen molar-refractivity contribution in [2.24, 2.45) is 13.0 Å². The molecule has 3 aliphatic rings. The molecule has 58 heavy (non-hydrogen) atoms. The van der Waals surface area contributed by atoms with Crippen LogP contribution in [-0.4, -0.2) is 80.4 Å². The zero-order valence-electron chi connectivity index (χ0n) is 32.3. The first-order valence-corrected chi connectivity index (χ1v) is 19.3. The number of methoxy groups -OCH3 is 2. The summed E-state index contributed by atoms with van der Waals surface area (Å²) in [6.07, 6.45) is 4.55. The zero-order valence-corrected chi connectivity index (χ0v) is 32.3. The second-order valence-corrected chi connectivity index (χ2v) is 15.2. The summed E-state index contributed by atoms with van der Waals surface area (Å²) in [4.78, 5) is 57.0. The van der Waals surface area contributed by atoms with Crippen molar-refractivity contribution in [3.63, 3.8) is 0 Å². The van der Waals surface area contributed by atoms with Crippen molar-refractivity contribution in [3.8, 4) is 11.5 Å². The molecule has 2 aromatic carbocycles. The van der Waals surface area contributed by atoms with E-state index in [2.05, 4.69) is 26.6 Å². The van der Waals surface area contributed by atoms with E-state index >= 15 is 0 Å². The van der Waals surface area contributed by atoms with E-state index in [4.69, 9.17) is 14.6 Å². The first-order chi connectivity index (χ1) is 27.8. The first-order valence-electron chi connectivity index (χ1n) is 19.3. The molecule has 1 saturated carbocycles. The van der Waals surface area contributed by atoms with Crippen LogP contribution in [-0.2, 0) is 22.8 Å². The van der Waals surface area contributed by atoms with Gasteiger partial charge < -0.3 is 14.8 Å². The molecule has 2 N–H and O–H groups in total. The molecule has 2 aliphatic heterocycles. The molecule has 0 bridgehead atoms. The topological polar surface area (TPSA) is 155 Å². The van der Waals surface area contributed by atoms with Crippen molar-refractivity contribution >= 4 is 50.9 Å². The number of aromatic nitrogens is 5. The molecule has 1 unspecified atom stereocenters. The third kappa shape index (κ3) is 7.34. The summed E-state index contributed by atoms with van der Waals surface area (Å²) in [6.45, 7) is 2.53. The Hall–Kier alpha value is -5.97. The number of halogens is 3. The van der Waals surface area contributed by atoms with Crippen LogP contribution in [0.15, 0.2) is 59.5 Å². The number of nitrogens with zero attached hydrogens (tertiary/aromatic N) is 6. The number of rotatable bonds is 9. The fraction of sp³-hybridized carbons (Fsp3) is 0.415. The van der Waals surface area contributed by atoms with Crippen molar-refractivity contribution in [1.29, 1.82) is 0 Å². The predicted molar refractivity (Wildman–Crippen MR) is 209 cm³/mol. The van der Waals surface area contributed by atoms with Crippen LogP contribution >= 0.6 is 0 Å². The lowest BCUT2D eigenvalue weighted by Gasteiger charge is -2.34. The molecule has 1 saturated heterocycles. The molecular formula is C41H43F3N8O6. The minimum absolute atomic E-state index is 0.168. The number of alkyl halides is 3. The Morgan fingerprint density at radius 3 is 2.45 bits per heavy atom. The highest BCUT2D eigenvalue weighted by Gasteiger charge is 2.34. The molecule has 17 heteroatoms. The number of hydrogen-bond donors (Lipinski definition) is 2. The average Bonchev–Trinajstić information content (AvgIpc) is 3.74. The molecule has 8 rings (SSSR count). The van der Waals surface area contributed by atoms with Crippen LogP contribution < -0.4 is 25.8 Å². The quantitative estimate of drug-likeness (QED) is 0.174. The maximum absolute atomic E-state index is 13.6. The van der Waals surface area contributed by atoms with Crippen molar-refractivity contribution < 1.29 is 37.0 Å². The number of piperidine rings is 1. The van der Waals surface area contributed by atoms with Gasteiger partial charge in [0.1, 0.15) is 28.9 Å². The monoisotopic (exact) mass is 800 g/mol. The van der Waals surface area contributed by atoms with Gasteiger partial charge in [-0.3, -0.25) is 38.4 Å². The smallest absolute Gasteiger partial charge is 0.433 e. The molecule has 1 atom stereocenters. The highest BCUT2D eigenvalue weighted by molar-refractivity contribution is 6.05. The van der Waals surface area contributed by atoms with Crippen LogP contribution in [0.2, 0.25) is 0 Å². The first kappa shape index (κ1) is 38.9. The maximum atomic E-state index is 13.6. The molecule has 14 nitrogen and oxygen atoms in total. The highest BCUT2D eigenvalue weighted by Crippen LogP contribution is 2.39. The molecule has 3 aromatic heterocycles. The standard InChI is InChI=1S/C41H43F3N8O6/c1-49-37-30(52(40(49)56)31-12-14-35(53)47-39(31)55)11-13-32(57-2)36(37)24-15-17-50(18-16-24)21-23-7-9-26(10-8-23)51-22-25-19-29(33(58-3)20-28(25)48-51)46-38(54)27-5-4-6-34(45-27)41(42,43)44/h4-6,11,13,15,19-20,22-23,26,31H,7-10,12,14,16-18,21H2,1-3H3,(H,46,54)(H,47,53,55)/t23-,26-,31?. The van der Waals surface area contributed by atoms with Crippen LogP contribution in [0.5, 0.6) is 11.5 Å². The minimum atomic E-state index is -4.68. The zero-order chi connectivity index (χ0) is 40.9. The molecule has 5 heterocycles. The van der Waals surface area contributed by atoms with Crippen molar-refractivity contribution in [1.82, 2.24) is 34.1 Å². The second-order valence-electron chi connectivity index (χ2n) is 15.2. The van der Waals surface area contributed by atoms with Gasteiger partial charge >= 0.3 is 11.9 Å². The number of anilines is 1. The molecule has 1 aliphatic carbocycles. The van der Waals surface area contributed by atoms with Gasteiger partial charge in [0.25, 0.3) is 5.91 Å². The number of amides is 3. The van der Waals surface area contributed by atoms with Crippen LogP contribution in [0.4, 0.5) is 18.9 Å². The summed E-state index contributed by atoms with van der Waals surface area (Å²) in [7, 11) is 4.76. The third-order valence-corrected chi connectivity index (χ3v) is 11.6. The number of carbonyl (C=O) groups excluding carboxylic acids is 3. The van der Waals surface area contributed by atoms with Crippen LogP contribution in [0, 0.1) is 5.92 Å². The van der Waals surface area contributed by atoms with Gasteiger partial charge in [0.05, 0.1) is 42.5 Å². The number of imidazole rings is 1. The van der Waals surface area contributed by atoms with Gasteiger partial charge in [-0.25, -0.2) is 9.78 Å². The number of imide groups is 1. The van der Waals surface area contributed by atoms with Crippen molar-refractivity contribution in [2.75, 3.05) is 39.2 Å². The number of ether oxygens (including phenoxy) is 2. The number of aryl methyl sites for hydroxylation is 1. The summed E-state index contributed by atoms with van der Waals surface area (Å²) in [6, 6.07) is 9.64. The minimum Gasteiger partial charge on any atom is -0.496 e. The molecule has 304 valence electrons. The lowest BCUT2D eigenvalue weighted by molar-refractivity contribution is -0.141. The Morgan fingerprint density at radius 1 is 0.983 bits per heavy atom. The highest BCUT2D eigenvalue weighted by atomic mass is 19.4. The summed E-state index contributed by atoms with van der Waals surface area (Å²) in [5, 5.41) is 10.6. The molecule has 0 radical (unpaired) electrons. The van der Waals surface area contributed by atoms with Crippen molar-refractivity contribution in [3.05, 3.63) is 82.2 Å². The van der Waals surface area contributed by atoms with Gasteiger partial charge in [0.2, 0.25) is 11.8 Å². The van der Waals surface area contributed by atoms with Crippen LogP contribution in [0.3, 0.4) is 0 Å². The normalized spacial score (nSPS) is 20.6. The van der Waals surface area contributed by atoms with E-state index in [9.17, 15) is 32.3 Å². The summed E-state index contributed by atoms with van der Waals surface area (Å²) in [5.74, 6) is -0.119. The van der Waals surface area contributed by atoms with Crippen LogP contribution in [0.1, 0.15) is 78.8 Å². The largest absolute Gasteiger partial charge is 0.496 e. The fourth-order valence-electron chi connectivity index (χ4n) is 8.66. The van der Waals surface area contributed by atoms with Gasteiger partial charge in [0.15, 0.2) is 0 Å². The van der Waals surface area contributed by atoms with Crippen LogP contribution in [0.25, 0.3) is 27.5 Å². The lowest BCUT2D eigenvalue weighted by Crippen LogP contribution is -2.44. The summed E-state index contributed by atoms with van der Waals surface area (Å²) < 4.78 is 55.9. The van der Waals surface area contributed by atoms with Gasteiger partial charge in [-0.1, -0.05) is 12.1 Å². The Morgan fingerprint density at radius 2 is 1.76 bits per heavy atom. The number of pyridine rings is 1. The number of hydrogen-bond acceptors (Lipinski definition) is 9. The van der Waals surface area contributed by atoms with Crippen molar-refractivity contribution in [2.45, 2.75) is 63.2 Å². The second kappa shape index (κ2) is 15.4. The molecule has 3 amide bonds. The van der Waals surface area contributed by atoms with Gasteiger partial charge in [0, 0.05) is 56.3 Å². The Balaban J connectivity index is 0.920. The third-order valence-electron chi connectivity index (χ3n) is 11.6. The van der Waals surface area contributed by atoms with Gasteiger partial charge in [-0.05, 0) is 80.3 Å². The van der Waals surface area contributed by atoms with E-state index in [1.54, 1.807) is 36.9 Å². The van der Waals surface area contributed by atoms with Gasteiger partial charge in [-0.15, -0.1) is 0 Å². The predicted octanol–water partition coefficient (Wildman–Crippen LogP) is 5.87.